The number of anilines is 1. The number of fused-ring (bicyclic) bond motifs is 1. The molecule has 17 heavy (non-hydrogen) atoms. The van der Waals surface area contributed by atoms with Crippen molar-refractivity contribution in [3.63, 3.8) is 0 Å². The normalized spacial score (nSPS) is 16.2. The van der Waals surface area contributed by atoms with E-state index in [0.717, 1.165) is 17.2 Å². The second kappa shape index (κ2) is 4.00. The molecule has 0 N–H and O–H groups in total. The van der Waals surface area contributed by atoms with E-state index in [-0.39, 0.29) is 5.91 Å². The van der Waals surface area contributed by atoms with Gasteiger partial charge in [0, 0.05) is 6.54 Å². The topological polar surface area (TPSA) is 36.4 Å². The number of hydrogen-bond acceptors (Lipinski definition) is 4. The maximum atomic E-state index is 11.7. The number of nitrogens with zero attached hydrogens (tertiary/aromatic N) is 3. The van der Waals surface area contributed by atoms with Gasteiger partial charge in [-0.05, 0) is 19.1 Å². The molecule has 2 aromatic rings. The first kappa shape index (κ1) is 10.5. The second-order valence-electron chi connectivity index (χ2n) is 4.05. The van der Waals surface area contributed by atoms with E-state index >= 15 is 0 Å². The molecule has 1 aliphatic heterocycles. The van der Waals surface area contributed by atoms with Gasteiger partial charge in [-0.1, -0.05) is 23.5 Å². The molecule has 1 aliphatic rings. The molecular formula is C12H13N3OS. The lowest BCUT2D eigenvalue weighted by Gasteiger charge is -2.14. The van der Waals surface area contributed by atoms with Crippen molar-refractivity contribution in [1.29, 1.82) is 0 Å². The molecule has 5 heteroatoms. The Morgan fingerprint density at radius 3 is 2.94 bits per heavy atom. The average Bonchev–Trinajstić information content (AvgIpc) is 2.91. The zero-order valence-electron chi connectivity index (χ0n) is 9.59. The molecule has 0 unspecified atom stereocenters. The van der Waals surface area contributed by atoms with Gasteiger partial charge in [-0.15, -0.1) is 0 Å². The lowest BCUT2D eigenvalue weighted by Crippen LogP contribution is -2.26. The molecule has 0 saturated carbocycles. The van der Waals surface area contributed by atoms with E-state index in [0.29, 0.717) is 13.2 Å². The fraction of sp³-hybridized carbons (Fsp3) is 0.333. The largest absolute Gasteiger partial charge is 0.324 e. The number of likely N-dealkylation sites (N-methyl/N-ethyl adjacent to an activating group) is 1. The highest BCUT2D eigenvalue weighted by Crippen LogP contribution is 2.29. The summed E-state index contributed by atoms with van der Waals surface area (Å²) < 4.78 is 1.17. The number of carbonyl (C=O) groups is 1. The van der Waals surface area contributed by atoms with Crippen LogP contribution in [-0.4, -0.2) is 35.5 Å². The first-order valence-electron chi connectivity index (χ1n) is 5.66. The monoisotopic (exact) mass is 247 g/mol. The van der Waals surface area contributed by atoms with Crippen LogP contribution in [0.25, 0.3) is 10.2 Å². The first-order chi connectivity index (χ1) is 8.28. The van der Waals surface area contributed by atoms with Crippen molar-refractivity contribution in [2.45, 2.75) is 6.92 Å². The summed E-state index contributed by atoms with van der Waals surface area (Å²) in [5, 5.41) is 0.940. The molecule has 1 fully saturated rings. The van der Waals surface area contributed by atoms with E-state index in [9.17, 15) is 4.79 Å². The minimum absolute atomic E-state index is 0.187. The van der Waals surface area contributed by atoms with Crippen LogP contribution in [0.1, 0.15) is 6.92 Å². The van der Waals surface area contributed by atoms with Gasteiger partial charge in [-0.2, -0.15) is 0 Å². The SMILES string of the molecule is CCN1CN(c2nc3ccccc3s2)CC1=O. The van der Waals surface area contributed by atoms with Gasteiger partial charge in [0.1, 0.15) is 6.54 Å². The molecule has 1 aromatic heterocycles. The maximum Gasteiger partial charge on any atom is 0.243 e. The fourth-order valence-electron chi connectivity index (χ4n) is 2.00. The second-order valence-corrected chi connectivity index (χ2v) is 5.06. The zero-order valence-corrected chi connectivity index (χ0v) is 10.4. The minimum Gasteiger partial charge on any atom is -0.324 e. The van der Waals surface area contributed by atoms with Gasteiger partial charge in [0.05, 0.1) is 16.9 Å². The molecule has 88 valence electrons. The third-order valence-corrected chi connectivity index (χ3v) is 4.05. The number of amides is 1. The lowest BCUT2D eigenvalue weighted by atomic mass is 10.3. The molecule has 0 radical (unpaired) electrons. The van der Waals surface area contributed by atoms with Crippen LogP contribution in [0, 0.1) is 0 Å². The molecule has 0 bridgehead atoms. The van der Waals surface area contributed by atoms with Crippen LogP contribution in [0.5, 0.6) is 0 Å². The van der Waals surface area contributed by atoms with Crippen molar-refractivity contribution in [2.75, 3.05) is 24.7 Å². The van der Waals surface area contributed by atoms with Gasteiger partial charge in [0.25, 0.3) is 0 Å². The van der Waals surface area contributed by atoms with E-state index in [1.54, 1.807) is 11.3 Å². The van der Waals surface area contributed by atoms with E-state index in [2.05, 4.69) is 11.1 Å². The van der Waals surface area contributed by atoms with Crippen molar-refractivity contribution < 1.29 is 4.79 Å². The van der Waals surface area contributed by atoms with Gasteiger partial charge in [0.2, 0.25) is 5.91 Å². The Bertz CT molecular complexity index is 533. The quantitative estimate of drug-likeness (QED) is 0.813. The number of rotatable bonds is 2. The number of carbonyl (C=O) groups excluding carboxylic acids is 1. The van der Waals surface area contributed by atoms with Crippen LogP contribution in [0.2, 0.25) is 0 Å². The van der Waals surface area contributed by atoms with Crippen molar-refractivity contribution in [2.24, 2.45) is 0 Å². The predicted molar refractivity (Wildman–Crippen MR) is 69.2 cm³/mol. The van der Waals surface area contributed by atoms with Crippen LogP contribution >= 0.6 is 11.3 Å². The van der Waals surface area contributed by atoms with Crippen molar-refractivity contribution in [3.8, 4) is 0 Å². The van der Waals surface area contributed by atoms with Crippen LogP contribution in [-0.2, 0) is 4.79 Å². The summed E-state index contributed by atoms with van der Waals surface area (Å²) in [5.74, 6) is 0.187. The van der Waals surface area contributed by atoms with Gasteiger partial charge < -0.3 is 9.80 Å². The van der Waals surface area contributed by atoms with E-state index in [4.69, 9.17) is 0 Å². The molecule has 1 aromatic carbocycles. The third-order valence-electron chi connectivity index (χ3n) is 2.96. The standard InChI is InChI=1S/C12H13N3OS/c1-2-14-8-15(7-11(14)16)12-13-9-5-3-4-6-10(9)17-12/h3-6H,2,7-8H2,1H3. The highest BCUT2D eigenvalue weighted by Gasteiger charge is 2.27. The average molecular weight is 247 g/mol. The van der Waals surface area contributed by atoms with Crippen LogP contribution < -0.4 is 4.90 Å². The number of para-hydroxylation sites is 1. The van der Waals surface area contributed by atoms with Gasteiger partial charge in [0.15, 0.2) is 5.13 Å². The highest BCUT2D eigenvalue weighted by atomic mass is 32.1. The smallest absolute Gasteiger partial charge is 0.243 e. The predicted octanol–water partition coefficient (Wildman–Crippen LogP) is 1.92. The summed E-state index contributed by atoms with van der Waals surface area (Å²) in [6, 6.07) is 8.06. The molecule has 0 atom stereocenters. The van der Waals surface area contributed by atoms with Gasteiger partial charge in [-0.25, -0.2) is 4.98 Å². The summed E-state index contributed by atoms with van der Waals surface area (Å²) in [4.78, 5) is 20.1. The Labute approximate surface area is 103 Å². The zero-order chi connectivity index (χ0) is 11.8. The molecule has 3 rings (SSSR count). The van der Waals surface area contributed by atoms with E-state index in [1.807, 2.05) is 34.9 Å². The van der Waals surface area contributed by atoms with Crippen LogP contribution in [0.15, 0.2) is 24.3 Å². The summed E-state index contributed by atoms with van der Waals surface area (Å²) in [6.07, 6.45) is 0. The van der Waals surface area contributed by atoms with Gasteiger partial charge in [-0.3, -0.25) is 4.79 Å². The fourth-order valence-corrected chi connectivity index (χ4v) is 2.95. The lowest BCUT2D eigenvalue weighted by molar-refractivity contribution is -0.126. The van der Waals surface area contributed by atoms with Gasteiger partial charge >= 0.3 is 0 Å². The van der Waals surface area contributed by atoms with Crippen molar-refractivity contribution in [1.82, 2.24) is 9.88 Å². The van der Waals surface area contributed by atoms with E-state index in [1.165, 1.54) is 4.70 Å². The molecule has 2 heterocycles. The Morgan fingerprint density at radius 2 is 2.24 bits per heavy atom. The Hall–Kier alpha value is -1.62. The molecule has 1 saturated heterocycles. The van der Waals surface area contributed by atoms with Crippen LogP contribution in [0.4, 0.5) is 5.13 Å². The minimum atomic E-state index is 0.187. The summed E-state index contributed by atoms with van der Waals surface area (Å²) in [5.41, 5.74) is 1.01. The molecule has 0 aliphatic carbocycles. The van der Waals surface area contributed by atoms with Crippen molar-refractivity contribution in [3.05, 3.63) is 24.3 Å². The number of hydrogen-bond donors (Lipinski definition) is 0. The number of aromatic nitrogens is 1. The summed E-state index contributed by atoms with van der Waals surface area (Å²) in [6.45, 7) is 3.88. The Balaban J connectivity index is 1.92. The Kier molecular flexibility index (Phi) is 2.48. The molecular weight excluding hydrogens is 234 g/mol. The summed E-state index contributed by atoms with van der Waals surface area (Å²) in [7, 11) is 0. The Morgan fingerprint density at radius 1 is 1.41 bits per heavy atom. The molecule has 0 spiro atoms. The van der Waals surface area contributed by atoms with Crippen molar-refractivity contribution >= 4 is 32.6 Å². The molecule has 1 amide bonds. The first-order valence-corrected chi connectivity index (χ1v) is 6.48. The number of thiazole rings is 1. The highest BCUT2D eigenvalue weighted by molar-refractivity contribution is 7.22. The maximum absolute atomic E-state index is 11.7. The van der Waals surface area contributed by atoms with E-state index < -0.39 is 0 Å². The van der Waals surface area contributed by atoms with Crippen LogP contribution in [0.3, 0.4) is 0 Å². The third kappa shape index (κ3) is 1.76. The molecule has 4 nitrogen and oxygen atoms in total. The number of benzene rings is 1. The summed E-state index contributed by atoms with van der Waals surface area (Å²) >= 11 is 1.65.